The number of Topliss-reactive ketones (excluding diaryl/α,β-unsaturated/α-hetero) is 1. The van der Waals surface area contributed by atoms with Crippen LogP contribution in [0, 0.1) is 0 Å². The van der Waals surface area contributed by atoms with Gasteiger partial charge in [-0.1, -0.05) is 0 Å². The van der Waals surface area contributed by atoms with Gasteiger partial charge in [-0.3, -0.25) is 4.79 Å². The van der Waals surface area contributed by atoms with Crippen LogP contribution in [0.5, 0.6) is 0 Å². The second kappa shape index (κ2) is 3.75. The molecule has 0 N–H and O–H groups in total. The van der Waals surface area contributed by atoms with Gasteiger partial charge in [0.25, 0.3) is 0 Å². The first-order valence-corrected chi connectivity index (χ1v) is 5.51. The van der Waals surface area contributed by atoms with E-state index < -0.39 is 5.60 Å². The lowest BCUT2D eigenvalue weighted by Crippen LogP contribution is -2.26. The van der Waals surface area contributed by atoms with Crippen LogP contribution in [0.3, 0.4) is 0 Å². The summed E-state index contributed by atoms with van der Waals surface area (Å²) in [7, 11) is 1.64. The summed E-state index contributed by atoms with van der Waals surface area (Å²) in [5.41, 5.74) is -0.416. The number of methoxy groups -OCH3 is 1. The minimum Gasteiger partial charge on any atom is -0.370 e. The number of rotatable bonds is 1. The molecular formula is C8H8I2O2. The van der Waals surface area contributed by atoms with Crippen LogP contribution in [0.1, 0.15) is 6.92 Å². The van der Waals surface area contributed by atoms with Crippen molar-refractivity contribution in [2.75, 3.05) is 7.11 Å². The van der Waals surface area contributed by atoms with Crippen molar-refractivity contribution >= 4 is 51.0 Å². The number of allylic oxidation sites excluding steroid dienone is 2. The summed E-state index contributed by atoms with van der Waals surface area (Å²) in [6.07, 6.45) is 3.66. The Morgan fingerprint density at radius 2 is 1.75 bits per heavy atom. The molecule has 0 atom stereocenters. The van der Waals surface area contributed by atoms with E-state index in [4.69, 9.17) is 4.74 Å². The highest BCUT2D eigenvalue weighted by Gasteiger charge is 2.27. The average molecular weight is 390 g/mol. The Morgan fingerprint density at radius 3 is 2.08 bits per heavy atom. The topological polar surface area (TPSA) is 26.3 Å². The Labute approximate surface area is 98.7 Å². The van der Waals surface area contributed by atoms with Gasteiger partial charge in [-0.2, -0.15) is 0 Å². The summed E-state index contributed by atoms with van der Waals surface area (Å²) < 4.78 is 6.70. The van der Waals surface area contributed by atoms with Crippen LogP contribution >= 0.6 is 45.2 Å². The third-order valence-electron chi connectivity index (χ3n) is 1.70. The van der Waals surface area contributed by atoms with Crippen LogP contribution in [0.15, 0.2) is 19.3 Å². The molecule has 1 aliphatic rings. The molecule has 4 heteroatoms. The number of carbonyl (C=O) groups is 1. The molecule has 1 rings (SSSR count). The molecule has 0 bridgehead atoms. The number of ether oxygens (including phenoxy) is 1. The normalized spacial score (nSPS) is 21.8. The molecule has 0 radical (unpaired) electrons. The lowest BCUT2D eigenvalue weighted by Gasteiger charge is -2.24. The zero-order chi connectivity index (χ0) is 9.35. The highest BCUT2D eigenvalue weighted by molar-refractivity contribution is 14.1. The lowest BCUT2D eigenvalue weighted by molar-refractivity contribution is -0.111. The minimum absolute atomic E-state index is 0.0886. The van der Waals surface area contributed by atoms with Crippen LogP contribution in [0.4, 0.5) is 0 Å². The maximum atomic E-state index is 11.3. The SMILES string of the molecule is COC1(C)C=C(I)C(=O)C(I)=C1. The molecule has 0 amide bonds. The highest BCUT2D eigenvalue weighted by atomic mass is 127. The minimum atomic E-state index is -0.416. The standard InChI is InChI=1S/C8H8I2O2/c1-8(12-2)3-5(9)7(11)6(10)4-8/h3-4H,1-2H3. The summed E-state index contributed by atoms with van der Waals surface area (Å²) in [6.45, 7) is 1.93. The molecule has 0 heterocycles. The molecule has 0 saturated heterocycles. The molecule has 0 aromatic heterocycles. The van der Waals surface area contributed by atoms with Gasteiger partial charge in [0.1, 0.15) is 5.60 Å². The number of ketones is 1. The molecule has 2 nitrogen and oxygen atoms in total. The molecule has 1 aliphatic carbocycles. The summed E-state index contributed by atoms with van der Waals surface area (Å²) in [5, 5.41) is 0. The van der Waals surface area contributed by atoms with E-state index in [0.717, 1.165) is 7.16 Å². The van der Waals surface area contributed by atoms with E-state index in [1.165, 1.54) is 0 Å². The lowest BCUT2D eigenvalue weighted by atomic mass is 10.00. The maximum absolute atomic E-state index is 11.3. The van der Waals surface area contributed by atoms with Crippen molar-refractivity contribution in [2.45, 2.75) is 12.5 Å². The zero-order valence-corrected chi connectivity index (χ0v) is 11.0. The Hall–Kier alpha value is 0.570. The van der Waals surface area contributed by atoms with Crippen LogP contribution < -0.4 is 0 Å². The molecule has 0 aliphatic heterocycles. The van der Waals surface area contributed by atoms with Crippen molar-refractivity contribution in [1.82, 2.24) is 0 Å². The fraction of sp³-hybridized carbons (Fsp3) is 0.375. The Kier molecular flexibility index (Phi) is 3.33. The van der Waals surface area contributed by atoms with Gasteiger partial charge < -0.3 is 4.74 Å². The molecule has 0 saturated carbocycles. The second-order valence-electron chi connectivity index (χ2n) is 2.70. The number of halogens is 2. The summed E-state index contributed by atoms with van der Waals surface area (Å²) in [6, 6.07) is 0. The first-order valence-electron chi connectivity index (χ1n) is 3.35. The van der Waals surface area contributed by atoms with Crippen molar-refractivity contribution in [2.24, 2.45) is 0 Å². The second-order valence-corrected chi connectivity index (χ2v) is 5.03. The van der Waals surface area contributed by atoms with Gasteiger partial charge in [0.2, 0.25) is 5.78 Å². The Balaban J connectivity index is 3.07. The molecule has 0 fully saturated rings. The van der Waals surface area contributed by atoms with Gasteiger partial charge in [0, 0.05) is 7.11 Å². The first-order chi connectivity index (χ1) is 5.48. The largest absolute Gasteiger partial charge is 0.370 e. The predicted molar refractivity (Wildman–Crippen MR) is 64.6 cm³/mol. The van der Waals surface area contributed by atoms with Gasteiger partial charge in [-0.25, -0.2) is 0 Å². The maximum Gasteiger partial charge on any atom is 0.204 e. The monoisotopic (exact) mass is 390 g/mol. The molecule has 0 aromatic rings. The Morgan fingerprint density at radius 1 is 1.33 bits per heavy atom. The van der Waals surface area contributed by atoms with Crippen LogP contribution in [0.2, 0.25) is 0 Å². The van der Waals surface area contributed by atoms with Crippen molar-refractivity contribution < 1.29 is 9.53 Å². The average Bonchev–Trinajstić information content (AvgIpc) is 2.00. The predicted octanol–water partition coefficient (Wildman–Crippen LogP) is 2.61. The number of hydrogen-bond acceptors (Lipinski definition) is 2. The number of hydrogen-bond donors (Lipinski definition) is 0. The van der Waals surface area contributed by atoms with Crippen LogP contribution in [0.25, 0.3) is 0 Å². The van der Waals surface area contributed by atoms with Gasteiger partial charge in [0.15, 0.2) is 0 Å². The Bertz CT molecular complexity index is 257. The fourth-order valence-electron chi connectivity index (χ4n) is 0.908. The van der Waals surface area contributed by atoms with Crippen molar-refractivity contribution in [1.29, 1.82) is 0 Å². The summed E-state index contributed by atoms with van der Waals surface area (Å²) in [4.78, 5) is 11.3. The third kappa shape index (κ3) is 2.08. The van der Waals surface area contributed by atoms with Crippen molar-refractivity contribution in [3.8, 4) is 0 Å². The highest BCUT2D eigenvalue weighted by Crippen LogP contribution is 2.31. The first kappa shape index (κ1) is 10.6. The van der Waals surface area contributed by atoms with E-state index in [1.54, 1.807) is 7.11 Å². The molecule has 0 spiro atoms. The van der Waals surface area contributed by atoms with Crippen LogP contribution in [-0.4, -0.2) is 18.5 Å². The third-order valence-corrected chi connectivity index (χ3v) is 3.30. The molecule has 0 aromatic carbocycles. The van der Waals surface area contributed by atoms with E-state index in [1.807, 2.05) is 64.3 Å². The van der Waals surface area contributed by atoms with E-state index in [0.29, 0.717) is 0 Å². The smallest absolute Gasteiger partial charge is 0.204 e. The van der Waals surface area contributed by atoms with E-state index in [-0.39, 0.29) is 5.78 Å². The quantitative estimate of drug-likeness (QED) is 0.644. The van der Waals surface area contributed by atoms with Gasteiger partial charge in [0.05, 0.1) is 7.16 Å². The molecular weight excluding hydrogens is 382 g/mol. The van der Waals surface area contributed by atoms with Crippen molar-refractivity contribution in [3.63, 3.8) is 0 Å². The number of carbonyl (C=O) groups excluding carboxylic acids is 1. The van der Waals surface area contributed by atoms with Crippen LogP contribution in [-0.2, 0) is 9.53 Å². The molecule has 66 valence electrons. The summed E-state index contributed by atoms with van der Waals surface area (Å²) >= 11 is 4.06. The van der Waals surface area contributed by atoms with E-state index >= 15 is 0 Å². The van der Waals surface area contributed by atoms with Crippen molar-refractivity contribution in [3.05, 3.63) is 19.3 Å². The van der Waals surface area contributed by atoms with Gasteiger partial charge in [-0.05, 0) is 64.3 Å². The van der Waals surface area contributed by atoms with E-state index in [9.17, 15) is 4.79 Å². The fourth-order valence-corrected chi connectivity index (χ4v) is 3.24. The molecule has 0 unspecified atom stereocenters. The van der Waals surface area contributed by atoms with Gasteiger partial charge >= 0.3 is 0 Å². The molecule has 12 heavy (non-hydrogen) atoms. The summed E-state index contributed by atoms with van der Waals surface area (Å²) in [5.74, 6) is 0.0886. The van der Waals surface area contributed by atoms with Gasteiger partial charge in [-0.15, -0.1) is 0 Å². The zero-order valence-electron chi connectivity index (χ0n) is 6.73. The van der Waals surface area contributed by atoms with E-state index in [2.05, 4.69) is 0 Å².